The molecule has 0 atom stereocenters. The van der Waals surface area contributed by atoms with Gasteiger partial charge in [0.05, 0.1) is 0 Å². The van der Waals surface area contributed by atoms with Crippen molar-refractivity contribution in [3.63, 3.8) is 0 Å². The lowest BCUT2D eigenvalue weighted by Gasteiger charge is -2.48. The number of likely N-dealkylation sites (tertiary alicyclic amines) is 1. The van der Waals surface area contributed by atoms with Crippen LogP contribution in [0.15, 0.2) is 0 Å². The predicted molar refractivity (Wildman–Crippen MR) is 58.0 cm³/mol. The van der Waals surface area contributed by atoms with Gasteiger partial charge in [0.15, 0.2) is 0 Å². The largest absolute Gasteiger partial charge is 0.312 e. The zero-order chi connectivity index (χ0) is 10.1. The Morgan fingerprint density at radius 3 is 2.23 bits per heavy atom. The zero-order valence-electron chi connectivity index (χ0n) is 9.78. The first-order chi connectivity index (χ1) is 5.85. The second kappa shape index (κ2) is 3.58. The van der Waals surface area contributed by atoms with Crippen LogP contribution in [0.25, 0.3) is 0 Å². The fraction of sp³-hybridized carbons (Fsp3) is 1.00. The summed E-state index contributed by atoms with van der Waals surface area (Å²) >= 11 is 0. The molecule has 13 heavy (non-hydrogen) atoms. The van der Waals surface area contributed by atoms with E-state index in [9.17, 15) is 0 Å². The van der Waals surface area contributed by atoms with Gasteiger partial charge in [0, 0.05) is 18.6 Å². The molecule has 0 aromatic rings. The quantitative estimate of drug-likeness (QED) is 0.718. The molecule has 1 rings (SSSR count). The fourth-order valence-electron chi connectivity index (χ4n) is 1.75. The Morgan fingerprint density at radius 2 is 1.85 bits per heavy atom. The lowest BCUT2D eigenvalue weighted by Crippen LogP contribution is -2.66. The molecule has 0 bridgehead atoms. The normalized spacial score (nSPS) is 22.8. The van der Waals surface area contributed by atoms with E-state index >= 15 is 0 Å². The van der Waals surface area contributed by atoms with Gasteiger partial charge in [-0.2, -0.15) is 0 Å². The molecule has 2 nitrogen and oxygen atoms in total. The van der Waals surface area contributed by atoms with Crippen LogP contribution in [0.3, 0.4) is 0 Å². The highest BCUT2D eigenvalue weighted by Gasteiger charge is 2.36. The van der Waals surface area contributed by atoms with Crippen LogP contribution in [0, 0.1) is 5.41 Å². The molecule has 0 aromatic carbocycles. The van der Waals surface area contributed by atoms with Gasteiger partial charge in [0.2, 0.25) is 0 Å². The van der Waals surface area contributed by atoms with Crippen molar-refractivity contribution in [2.24, 2.45) is 5.41 Å². The Labute approximate surface area is 82.7 Å². The third kappa shape index (κ3) is 3.28. The van der Waals surface area contributed by atoms with Gasteiger partial charge >= 0.3 is 0 Å². The van der Waals surface area contributed by atoms with E-state index in [0.29, 0.717) is 11.0 Å². The minimum atomic E-state index is 0.387. The Bertz CT molecular complexity index is 163. The number of nitrogens with zero attached hydrogens (tertiary/aromatic N) is 1. The molecule has 1 aliphatic heterocycles. The van der Waals surface area contributed by atoms with E-state index in [1.807, 2.05) is 0 Å². The maximum atomic E-state index is 3.36. The Balaban J connectivity index is 2.15. The molecule has 0 amide bonds. The van der Waals surface area contributed by atoms with Crippen LogP contribution in [0.1, 0.15) is 34.1 Å². The van der Waals surface area contributed by atoms with Crippen molar-refractivity contribution >= 4 is 0 Å². The SMILES string of the molecule is CNC1(C)CN(CCC(C)(C)C)C1. The van der Waals surface area contributed by atoms with Crippen molar-refractivity contribution in [3.05, 3.63) is 0 Å². The summed E-state index contributed by atoms with van der Waals surface area (Å²) < 4.78 is 0. The van der Waals surface area contributed by atoms with Crippen LogP contribution in [0.2, 0.25) is 0 Å². The molecule has 1 fully saturated rings. The molecule has 0 saturated carbocycles. The van der Waals surface area contributed by atoms with Crippen LogP contribution >= 0.6 is 0 Å². The molecule has 0 aliphatic carbocycles. The van der Waals surface area contributed by atoms with Crippen LogP contribution in [0.4, 0.5) is 0 Å². The van der Waals surface area contributed by atoms with Gasteiger partial charge in [-0.05, 0) is 32.4 Å². The molecule has 0 radical (unpaired) electrons. The zero-order valence-corrected chi connectivity index (χ0v) is 9.78. The average molecular weight is 184 g/mol. The Kier molecular flexibility index (Phi) is 3.03. The first-order valence-corrected chi connectivity index (χ1v) is 5.26. The molecule has 1 saturated heterocycles. The van der Waals surface area contributed by atoms with E-state index in [1.165, 1.54) is 26.1 Å². The van der Waals surface area contributed by atoms with Gasteiger partial charge in [-0.3, -0.25) is 4.90 Å². The summed E-state index contributed by atoms with van der Waals surface area (Å²) in [5.74, 6) is 0. The molecule has 0 unspecified atom stereocenters. The summed E-state index contributed by atoms with van der Waals surface area (Å²) in [4.78, 5) is 2.53. The van der Waals surface area contributed by atoms with E-state index in [2.05, 4.69) is 45.0 Å². The molecule has 1 heterocycles. The third-order valence-electron chi connectivity index (χ3n) is 2.93. The highest BCUT2D eigenvalue weighted by molar-refractivity contribution is 4.97. The number of rotatable bonds is 3. The molecule has 78 valence electrons. The van der Waals surface area contributed by atoms with E-state index in [4.69, 9.17) is 0 Å². The van der Waals surface area contributed by atoms with Gasteiger partial charge in [-0.1, -0.05) is 20.8 Å². The minimum absolute atomic E-state index is 0.387. The van der Waals surface area contributed by atoms with Crippen LogP contribution in [0.5, 0.6) is 0 Å². The summed E-state index contributed by atoms with van der Waals surface area (Å²) in [6, 6.07) is 0. The average Bonchev–Trinajstić information content (AvgIpc) is 1.94. The lowest BCUT2D eigenvalue weighted by molar-refractivity contribution is 0.0509. The highest BCUT2D eigenvalue weighted by atomic mass is 15.3. The maximum Gasteiger partial charge on any atom is 0.0406 e. The first-order valence-electron chi connectivity index (χ1n) is 5.26. The third-order valence-corrected chi connectivity index (χ3v) is 2.93. The molecular formula is C11H24N2. The van der Waals surface area contributed by atoms with Gasteiger partial charge in [0.25, 0.3) is 0 Å². The molecule has 0 spiro atoms. The fourth-order valence-corrected chi connectivity index (χ4v) is 1.75. The number of likely N-dealkylation sites (N-methyl/N-ethyl adjacent to an activating group) is 1. The summed E-state index contributed by atoms with van der Waals surface area (Å²) in [5.41, 5.74) is 0.865. The number of hydrogen-bond acceptors (Lipinski definition) is 2. The lowest BCUT2D eigenvalue weighted by atomic mass is 9.88. The second-order valence-corrected chi connectivity index (χ2v) is 5.83. The van der Waals surface area contributed by atoms with Crippen molar-refractivity contribution in [2.45, 2.75) is 39.7 Å². The second-order valence-electron chi connectivity index (χ2n) is 5.83. The molecule has 0 aromatic heterocycles. The van der Waals surface area contributed by atoms with Crippen molar-refractivity contribution < 1.29 is 0 Å². The van der Waals surface area contributed by atoms with Crippen molar-refractivity contribution in [2.75, 3.05) is 26.7 Å². The van der Waals surface area contributed by atoms with Crippen molar-refractivity contribution in [3.8, 4) is 0 Å². The van der Waals surface area contributed by atoms with E-state index in [1.54, 1.807) is 0 Å². The topological polar surface area (TPSA) is 15.3 Å². The highest BCUT2D eigenvalue weighted by Crippen LogP contribution is 2.24. The Hall–Kier alpha value is -0.0800. The van der Waals surface area contributed by atoms with Gasteiger partial charge in [0.1, 0.15) is 0 Å². The standard InChI is InChI=1S/C11H24N2/c1-10(2,3)6-7-13-8-11(4,9-13)12-5/h12H,6-9H2,1-5H3. The van der Waals surface area contributed by atoms with Crippen LogP contribution < -0.4 is 5.32 Å². The van der Waals surface area contributed by atoms with Crippen molar-refractivity contribution in [1.29, 1.82) is 0 Å². The molecule has 1 N–H and O–H groups in total. The number of hydrogen-bond donors (Lipinski definition) is 1. The van der Waals surface area contributed by atoms with E-state index < -0.39 is 0 Å². The summed E-state index contributed by atoms with van der Waals surface area (Å²) in [6.45, 7) is 12.9. The van der Waals surface area contributed by atoms with E-state index in [-0.39, 0.29) is 0 Å². The number of nitrogens with one attached hydrogen (secondary N) is 1. The van der Waals surface area contributed by atoms with E-state index in [0.717, 1.165) is 0 Å². The smallest absolute Gasteiger partial charge is 0.0406 e. The summed E-state index contributed by atoms with van der Waals surface area (Å²) in [5, 5.41) is 3.36. The van der Waals surface area contributed by atoms with Crippen molar-refractivity contribution in [1.82, 2.24) is 10.2 Å². The molecule has 2 heteroatoms. The van der Waals surface area contributed by atoms with Gasteiger partial charge < -0.3 is 5.32 Å². The predicted octanol–water partition coefficient (Wildman–Crippen LogP) is 1.72. The minimum Gasteiger partial charge on any atom is -0.312 e. The monoisotopic (exact) mass is 184 g/mol. The Morgan fingerprint density at radius 1 is 1.31 bits per heavy atom. The van der Waals surface area contributed by atoms with Gasteiger partial charge in [-0.15, -0.1) is 0 Å². The molecule has 1 aliphatic rings. The summed E-state index contributed by atoms with van der Waals surface area (Å²) in [7, 11) is 2.06. The van der Waals surface area contributed by atoms with Crippen LogP contribution in [-0.2, 0) is 0 Å². The van der Waals surface area contributed by atoms with Crippen LogP contribution in [-0.4, -0.2) is 37.1 Å². The van der Waals surface area contributed by atoms with Gasteiger partial charge in [-0.25, -0.2) is 0 Å². The summed E-state index contributed by atoms with van der Waals surface area (Å²) in [6.07, 6.45) is 1.30. The first kappa shape index (κ1) is 11.0. The molecular weight excluding hydrogens is 160 g/mol. The maximum absolute atomic E-state index is 3.36.